The number of ether oxygens (including phenoxy) is 3. The summed E-state index contributed by atoms with van der Waals surface area (Å²) >= 11 is 0.894. The standard InChI is InChI=1S/C25H28N2O6S/c1-3-32-20-10-12-21(13-11-20)33-16-4-5-23(28)26-14-15-27-24(29)22(34-25(27)30)17-18-6-8-19(31-2)9-7-18/h6-13,17H,3-5,14-16H2,1-2H3,(H,26,28). The van der Waals surface area contributed by atoms with Crippen LogP contribution in [0.1, 0.15) is 25.3 Å². The van der Waals surface area contributed by atoms with Crippen LogP contribution in [0, 0.1) is 0 Å². The SMILES string of the molecule is CCOc1ccc(OCCCC(=O)NCCN2C(=O)SC(=Cc3ccc(OC)cc3)C2=O)cc1. The number of nitrogens with zero attached hydrogens (tertiary/aromatic N) is 1. The summed E-state index contributed by atoms with van der Waals surface area (Å²) in [5.74, 6) is 1.69. The van der Waals surface area contributed by atoms with E-state index in [0.29, 0.717) is 36.0 Å². The quantitative estimate of drug-likeness (QED) is 0.358. The molecule has 2 aromatic carbocycles. The number of benzene rings is 2. The lowest BCUT2D eigenvalue weighted by molar-refractivity contribution is -0.124. The Bertz CT molecular complexity index is 1020. The minimum atomic E-state index is -0.358. The molecule has 3 rings (SSSR count). The van der Waals surface area contributed by atoms with Crippen LogP contribution < -0.4 is 19.5 Å². The van der Waals surface area contributed by atoms with E-state index >= 15 is 0 Å². The molecule has 9 heteroatoms. The van der Waals surface area contributed by atoms with Crippen LogP contribution in [0.5, 0.6) is 17.2 Å². The summed E-state index contributed by atoms with van der Waals surface area (Å²) in [4.78, 5) is 38.4. The summed E-state index contributed by atoms with van der Waals surface area (Å²) in [6.07, 6.45) is 2.51. The molecule has 0 saturated carbocycles. The van der Waals surface area contributed by atoms with Crippen LogP contribution in [0.2, 0.25) is 0 Å². The van der Waals surface area contributed by atoms with Crippen molar-refractivity contribution in [3.63, 3.8) is 0 Å². The lowest BCUT2D eigenvalue weighted by atomic mass is 10.2. The van der Waals surface area contributed by atoms with Gasteiger partial charge in [-0.25, -0.2) is 0 Å². The number of thioether (sulfide) groups is 1. The van der Waals surface area contributed by atoms with Crippen molar-refractivity contribution in [1.82, 2.24) is 10.2 Å². The molecule has 1 saturated heterocycles. The third-order valence-electron chi connectivity index (χ3n) is 4.90. The van der Waals surface area contributed by atoms with E-state index in [1.54, 1.807) is 25.3 Å². The summed E-state index contributed by atoms with van der Waals surface area (Å²) in [6.45, 7) is 3.26. The first-order chi connectivity index (χ1) is 16.5. The number of rotatable bonds is 12. The van der Waals surface area contributed by atoms with E-state index in [9.17, 15) is 14.4 Å². The predicted molar refractivity (Wildman–Crippen MR) is 131 cm³/mol. The van der Waals surface area contributed by atoms with Gasteiger partial charge in [-0.15, -0.1) is 0 Å². The third kappa shape index (κ3) is 7.28. The van der Waals surface area contributed by atoms with Gasteiger partial charge in [0.2, 0.25) is 5.91 Å². The van der Waals surface area contributed by atoms with Crippen LogP contribution in [-0.4, -0.2) is 55.4 Å². The maximum absolute atomic E-state index is 12.6. The molecule has 0 bridgehead atoms. The van der Waals surface area contributed by atoms with Gasteiger partial charge in [-0.1, -0.05) is 12.1 Å². The van der Waals surface area contributed by atoms with E-state index in [1.807, 2.05) is 43.3 Å². The van der Waals surface area contributed by atoms with Crippen molar-refractivity contribution in [1.29, 1.82) is 0 Å². The molecule has 0 aromatic heterocycles. The van der Waals surface area contributed by atoms with Gasteiger partial charge < -0.3 is 19.5 Å². The average molecular weight is 485 g/mol. The molecule has 8 nitrogen and oxygen atoms in total. The molecule has 0 spiro atoms. The molecule has 34 heavy (non-hydrogen) atoms. The fraction of sp³-hybridized carbons (Fsp3) is 0.320. The number of carbonyl (C=O) groups is 3. The van der Waals surface area contributed by atoms with Gasteiger partial charge in [-0.2, -0.15) is 0 Å². The molecule has 0 radical (unpaired) electrons. The van der Waals surface area contributed by atoms with Crippen LogP contribution in [0.3, 0.4) is 0 Å². The van der Waals surface area contributed by atoms with Crippen LogP contribution in [0.15, 0.2) is 53.4 Å². The smallest absolute Gasteiger partial charge is 0.293 e. The number of hydrogen-bond acceptors (Lipinski definition) is 7. The Morgan fingerprint density at radius 3 is 2.29 bits per heavy atom. The van der Waals surface area contributed by atoms with Crippen molar-refractivity contribution in [2.45, 2.75) is 19.8 Å². The first-order valence-electron chi connectivity index (χ1n) is 11.0. The zero-order chi connectivity index (χ0) is 24.3. The van der Waals surface area contributed by atoms with Gasteiger partial charge in [-0.3, -0.25) is 19.3 Å². The second kappa shape index (κ2) is 12.7. The monoisotopic (exact) mass is 484 g/mol. The van der Waals surface area contributed by atoms with Crippen molar-refractivity contribution < 1.29 is 28.6 Å². The molecule has 1 aliphatic heterocycles. The Hall–Kier alpha value is -3.46. The van der Waals surface area contributed by atoms with E-state index in [4.69, 9.17) is 14.2 Å². The second-order valence-electron chi connectivity index (χ2n) is 7.31. The summed E-state index contributed by atoms with van der Waals surface area (Å²) in [5.41, 5.74) is 0.798. The zero-order valence-corrected chi connectivity index (χ0v) is 20.1. The highest BCUT2D eigenvalue weighted by molar-refractivity contribution is 8.18. The maximum atomic E-state index is 12.6. The fourth-order valence-corrected chi connectivity index (χ4v) is 4.03. The Kier molecular flexibility index (Phi) is 9.40. The molecule has 1 N–H and O–H groups in total. The van der Waals surface area contributed by atoms with E-state index in [1.165, 1.54) is 0 Å². The van der Waals surface area contributed by atoms with E-state index in [0.717, 1.165) is 28.0 Å². The Morgan fingerprint density at radius 2 is 1.65 bits per heavy atom. The summed E-state index contributed by atoms with van der Waals surface area (Å²) in [6, 6.07) is 14.5. The van der Waals surface area contributed by atoms with Crippen LogP contribution in [0.25, 0.3) is 6.08 Å². The van der Waals surface area contributed by atoms with Crippen LogP contribution in [0.4, 0.5) is 4.79 Å². The summed E-state index contributed by atoms with van der Waals surface area (Å²) in [7, 11) is 1.58. The summed E-state index contributed by atoms with van der Waals surface area (Å²) < 4.78 is 16.1. The number of amides is 3. The number of nitrogens with one attached hydrogen (secondary N) is 1. The fourth-order valence-electron chi connectivity index (χ4n) is 3.16. The van der Waals surface area contributed by atoms with Gasteiger partial charge in [0.1, 0.15) is 17.2 Å². The lowest BCUT2D eigenvalue weighted by Crippen LogP contribution is -2.37. The first-order valence-corrected chi connectivity index (χ1v) is 11.8. The van der Waals surface area contributed by atoms with Crippen molar-refractivity contribution in [3.8, 4) is 17.2 Å². The Labute approximate surface area is 203 Å². The van der Waals surface area contributed by atoms with E-state index in [2.05, 4.69) is 5.32 Å². The molecule has 0 atom stereocenters. The highest BCUT2D eigenvalue weighted by atomic mass is 32.2. The van der Waals surface area contributed by atoms with Gasteiger partial charge >= 0.3 is 0 Å². The maximum Gasteiger partial charge on any atom is 0.293 e. The highest BCUT2D eigenvalue weighted by Gasteiger charge is 2.34. The number of carbonyl (C=O) groups excluding carboxylic acids is 3. The zero-order valence-electron chi connectivity index (χ0n) is 19.2. The Morgan fingerprint density at radius 1 is 1.00 bits per heavy atom. The van der Waals surface area contributed by atoms with Crippen molar-refractivity contribution >= 4 is 34.9 Å². The molecular formula is C25H28N2O6S. The first kappa shape index (κ1) is 25.2. The van der Waals surface area contributed by atoms with Gasteiger partial charge in [0.25, 0.3) is 11.1 Å². The van der Waals surface area contributed by atoms with Crippen LogP contribution >= 0.6 is 11.8 Å². The number of imide groups is 1. The van der Waals surface area contributed by atoms with Gasteiger partial charge in [0.05, 0.1) is 25.2 Å². The molecular weight excluding hydrogens is 456 g/mol. The molecule has 0 unspecified atom stereocenters. The molecule has 0 aliphatic carbocycles. The molecule has 3 amide bonds. The molecule has 1 heterocycles. The minimum Gasteiger partial charge on any atom is -0.497 e. The number of methoxy groups -OCH3 is 1. The normalized spacial score (nSPS) is 14.4. The average Bonchev–Trinajstić information content (AvgIpc) is 3.11. The largest absolute Gasteiger partial charge is 0.497 e. The number of hydrogen-bond donors (Lipinski definition) is 1. The third-order valence-corrected chi connectivity index (χ3v) is 5.80. The van der Waals surface area contributed by atoms with Gasteiger partial charge in [0.15, 0.2) is 0 Å². The second-order valence-corrected chi connectivity index (χ2v) is 8.31. The van der Waals surface area contributed by atoms with Crippen molar-refractivity contribution in [2.24, 2.45) is 0 Å². The molecule has 1 fully saturated rings. The summed E-state index contributed by atoms with van der Waals surface area (Å²) in [5, 5.41) is 2.40. The topological polar surface area (TPSA) is 94.2 Å². The predicted octanol–water partition coefficient (Wildman–Crippen LogP) is 4.11. The van der Waals surface area contributed by atoms with E-state index < -0.39 is 0 Å². The minimum absolute atomic E-state index is 0.124. The molecule has 180 valence electrons. The van der Waals surface area contributed by atoms with Gasteiger partial charge in [0, 0.05) is 19.5 Å². The molecule has 2 aromatic rings. The van der Waals surface area contributed by atoms with E-state index in [-0.39, 0.29) is 36.6 Å². The lowest BCUT2D eigenvalue weighted by Gasteiger charge is -2.13. The van der Waals surface area contributed by atoms with Crippen molar-refractivity contribution in [2.75, 3.05) is 33.4 Å². The Balaban J connectivity index is 1.36. The highest BCUT2D eigenvalue weighted by Crippen LogP contribution is 2.32. The molecule has 1 aliphatic rings. The van der Waals surface area contributed by atoms with Crippen molar-refractivity contribution in [3.05, 3.63) is 59.0 Å². The van der Waals surface area contributed by atoms with Gasteiger partial charge in [-0.05, 0) is 73.1 Å². The van der Waals surface area contributed by atoms with Crippen LogP contribution in [-0.2, 0) is 9.59 Å².